The zero-order valence-electron chi connectivity index (χ0n) is 12.3. The molecule has 0 saturated heterocycles. The van der Waals surface area contributed by atoms with E-state index in [1.165, 1.54) is 6.92 Å². The molecule has 0 aliphatic heterocycles. The smallest absolute Gasteiger partial charge is 0.325 e. The Bertz CT molecular complexity index is 504. The number of aliphatic carboxylic acids is 1. The fourth-order valence-electron chi connectivity index (χ4n) is 1.67. The maximum absolute atomic E-state index is 11.4. The summed E-state index contributed by atoms with van der Waals surface area (Å²) in [4.78, 5) is 22.0. The molecule has 1 aromatic carbocycles. The minimum atomic E-state index is -1.08. The molecule has 0 saturated carbocycles. The maximum atomic E-state index is 11.4. The summed E-state index contributed by atoms with van der Waals surface area (Å²) in [5, 5.41) is 13.6. The highest BCUT2D eigenvalue weighted by Gasteiger charge is 2.13. The van der Waals surface area contributed by atoms with E-state index in [0.29, 0.717) is 24.5 Å². The van der Waals surface area contributed by atoms with Crippen molar-refractivity contribution in [3.63, 3.8) is 0 Å². The second-order valence-corrected chi connectivity index (χ2v) is 4.40. The summed E-state index contributed by atoms with van der Waals surface area (Å²) < 4.78 is 10.3. The molecule has 7 heteroatoms. The van der Waals surface area contributed by atoms with Gasteiger partial charge in [0, 0.05) is 6.54 Å². The Morgan fingerprint density at radius 2 is 1.90 bits per heavy atom. The van der Waals surface area contributed by atoms with Gasteiger partial charge in [-0.2, -0.15) is 0 Å². The predicted octanol–water partition coefficient (Wildman–Crippen LogP) is 1.02. The van der Waals surface area contributed by atoms with Crippen LogP contribution in [0.3, 0.4) is 0 Å². The van der Waals surface area contributed by atoms with Crippen molar-refractivity contribution in [2.75, 3.05) is 20.8 Å². The van der Waals surface area contributed by atoms with Crippen molar-refractivity contribution >= 4 is 12.0 Å². The Morgan fingerprint density at radius 3 is 2.48 bits per heavy atom. The molecule has 0 radical (unpaired) electrons. The number of hydrogen-bond acceptors (Lipinski definition) is 4. The lowest BCUT2D eigenvalue weighted by Crippen LogP contribution is -2.44. The number of carboxylic acid groups (broad SMARTS) is 1. The first-order chi connectivity index (χ1) is 9.97. The third kappa shape index (κ3) is 5.21. The van der Waals surface area contributed by atoms with Crippen molar-refractivity contribution in [2.45, 2.75) is 19.4 Å². The van der Waals surface area contributed by atoms with Crippen molar-refractivity contribution in [3.05, 3.63) is 23.8 Å². The first kappa shape index (κ1) is 16.6. The summed E-state index contributed by atoms with van der Waals surface area (Å²) >= 11 is 0. The molecule has 0 bridgehead atoms. The molecule has 1 rings (SSSR count). The fourth-order valence-corrected chi connectivity index (χ4v) is 1.67. The lowest BCUT2D eigenvalue weighted by molar-refractivity contribution is -0.138. The second-order valence-electron chi connectivity index (χ2n) is 4.40. The van der Waals surface area contributed by atoms with E-state index in [-0.39, 0.29) is 0 Å². The number of methoxy groups -OCH3 is 2. The average Bonchev–Trinajstić information content (AvgIpc) is 2.46. The molecule has 0 aliphatic carbocycles. The summed E-state index contributed by atoms with van der Waals surface area (Å²) in [6.45, 7) is 1.78. The molecule has 0 unspecified atom stereocenters. The molecule has 0 spiro atoms. The third-order valence-electron chi connectivity index (χ3n) is 2.87. The topological polar surface area (TPSA) is 96.9 Å². The molecular formula is C14H20N2O5. The Morgan fingerprint density at radius 1 is 1.24 bits per heavy atom. The van der Waals surface area contributed by atoms with Crippen molar-refractivity contribution < 1.29 is 24.2 Å². The fraction of sp³-hybridized carbons (Fsp3) is 0.429. The molecule has 2 amide bonds. The molecule has 116 valence electrons. The summed E-state index contributed by atoms with van der Waals surface area (Å²) in [6, 6.07) is 4.07. The zero-order chi connectivity index (χ0) is 15.8. The standard InChI is InChI=1S/C14H20N2O5/c1-9(13(17)18)16-14(19)15-7-6-10-4-5-11(20-2)12(8-10)21-3/h4-5,8-9H,6-7H2,1-3H3,(H,17,18)(H2,15,16,19)/t9-/m0/s1. The van der Waals surface area contributed by atoms with Gasteiger partial charge in [0.15, 0.2) is 11.5 Å². The number of ether oxygens (including phenoxy) is 2. The van der Waals surface area contributed by atoms with Gasteiger partial charge in [-0.05, 0) is 31.0 Å². The van der Waals surface area contributed by atoms with E-state index in [9.17, 15) is 9.59 Å². The van der Waals surface area contributed by atoms with Gasteiger partial charge >= 0.3 is 12.0 Å². The van der Waals surface area contributed by atoms with E-state index in [1.807, 2.05) is 12.1 Å². The van der Waals surface area contributed by atoms with Gasteiger partial charge in [0.1, 0.15) is 6.04 Å². The van der Waals surface area contributed by atoms with E-state index < -0.39 is 18.0 Å². The molecular weight excluding hydrogens is 276 g/mol. The van der Waals surface area contributed by atoms with E-state index in [1.54, 1.807) is 20.3 Å². The largest absolute Gasteiger partial charge is 0.493 e. The number of nitrogens with one attached hydrogen (secondary N) is 2. The summed E-state index contributed by atoms with van der Waals surface area (Å²) in [7, 11) is 3.12. The van der Waals surface area contributed by atoms with Crippen molar-refractivity contribution in [2.24, 2.45) is 0 Å². The second kappa shape index (κ2) is 7.98. The number of carbonyl (C=O) groups is 2. The van der Waals surface area contributed by atoms with Crippen molar-refractivity contribution in [1.29, 1.82) is 0 Å². The molecule has 21 heavy (non-hydrogen) atoms. The maximum Gasteiger partial charge on any atom is 0.325 e. The minimum Gasteiger partial charge on any atom is -0.493 e. The number of hydrogen-bond donors (Lipinski definition) is 3. The molecule has 7 nitrogen and oxygen atoms in total. The Balaban J connectivity index is 2.45. The van der Waals surface area contributed by atoms with Crippen LogP contribution in [0.2, 0.25) is 0 Å². The van der Waals surface area contributed by atoms with Crippen molar-refractivity contribution in [1.82, 2.24) is 10.6 Å². The van der Waals surface area contributed by atoms with E-state index in [2.05, 4.69) is 10.6 Å². The van der Waals surface area contributed by atoms with Gasteiger partial charge in [0.05, 0.1) is 14.2 Å². The number of benzene rings is 1. The van der Waals surface area contributed by atoms with Crippen molar-refractivity contribution in [3.8, 4) is 11.5 Å². The SMILES string of the molecule is COc1ccc(CCNC(=O)N[C@@H](C)C(=O)O)cc1OC. The first-order valence-electron chi connectivity index (χ1n) is 6.46. The van der Waals surface area contributed by atoms with Crippen LogP contribution in [0, 0.1) is 0 Å². The highest BCUT2D eigenvalue weighted by atomic mass is 16.5. The van der Waals surface area contributed by atoms with Crippen LogP contribution in [0.25, 0.3) is 0 Å². The van der Waals surface area contributed by atoms with Gasteiger partial charge in [-0.1, -0.05) is 6.07 Å². The summed E-state index contributed by atoms with van der Waals surface area (Å²) in [6.07, 6.45) is 0.592. The number of amides is 2. The lowest BCUT2D eigenvalue weighted by atomic mass is 10.1. The summed E-state index contributed by atoms with van der Waals surface area (Å²) in [5.74, 6) is 0.186. The highest BCUT2D eigenvalue weighted by Crippen LogP contribution is 2.27. The number of urea groups is 1. The Hall–Kier alpha value is -2.44. The number of rotatable bonds is 7. The monoisotopic (exact) mass is 296 g/mol. The van der Waals surface area contributed by atoms with Crippen LogP contribution in [0.15, 0.2) is 18.2 Å². The quantitative estimate of drug-likeness (QED) is 0.698. The molecule has 1 atom stereocenters. The van der Waals surface area contributed by atoms with Crippen LogP contribution < -0.4 is 20.1 Å². The Kier molecular flexibility index (Phi) is 6.32. The molecule has 1 aromatic rings. The van der Waals surface area contributed by atoms with Crippen LogP contribution in [0.4, 0.5) is 4.79 Å². The molecule has 0 aliphatic rings. The molecule has 0 fully saturated rings. The summed E-state index contributed by atoms with van der Waals surface area (Å²) in [5.41, 5.74) is 0.972. The van der Waals surface area contributed by atoms with Crippen LogP contribution in [-0.2, 0) is 11.2 Å². The average molecular weight is 296 g/mol. The Labute approximate surface area is 123 Å². The van der Waals surface area contributed by atoms with E-state index in [0.717, 1.165) is 5.56 Å². The zero-order valence-corrected chi connectivity index (χ0v) is 12.3. The van der Waals surface area contributed by atoms with Gasteiger partial charge < -0.3 is 25.2 Å². The number of carboxylic acids is 1. The van der Waals surface area contributed by atoms with Gasteiger partial charge in [0.2, 0.25) is 0 Å². The number of carbonyl (C=O) groups excluding carboxylic acids is 1. The van der Waals surface area contributed by atoms with Crippen LogP contribution in [-0.4, -0.2) is 43.9 Å². The normalized spacial score (nSPS) is 11.4. The van der Waals surface area contributed by atoms with Gasteiger partial charge in [0.25, 0.3) is 0 Å². The first-order valence-corrected chi connectivity index (χ1v) is 6.46. The molecule has 3 N–H and O–H groups in total. The van der Waals surface area contributed by atoms with Gasteiger partial charge in [-0.25, -0.2) is 4.79 Å². The van der Waals surface area contributed by atoms with E-state index >= 15 is 0 Å². The van der Waals surface area contributed by atoms with E-state index in [4.69, 9.17) is 14.6 Å². The predicted molar refractivity (Wildman–Crippen MR) is 76.9 cm³/mol. The third-order valence-corrected chi connectivity index (χ3v) is 2.87. The highest BCUT2D eigenvalue weighted by molar-refractivity contribution is 5.82. The van der Waals surface area contributed by atoms with Gasteiger partial charge in [-0.15, -0.1) is 0 Å². The molecule has 0 heterocycles. The molecule has 0 aromatic heterocycles. The van der Waals surface area contributed by atoms with Crippen LogP contribution >= 0.6 is 0 Å². The van der Waals surface area contributed by atoms with Crippen LogP contribution in [0.5, 0.6) is 11.5 Å². The minimum absolute atomic E-state index is 0.383. The van der Waals surface area contributed by atoms with Crippen LogP contribution in [0.1, 0.15) is 12.5 Å². The van der Waals surface area contributed by atoms with Gasteiger partial charge in [-0.3, -0.25) is 4.79 Å². The lowest BCUT2D eigenvalue weighted by Gasteiger charge is -2.12.